The Morgan fingerprint density at radius 1 is 1.09 bits per heavy atom. The van der Waals surface area contributed by atoms with Crippen LogP contribution >= 0.6 is 22.7 Å². The van der Waals surface area contributed by atoms with Gasteiger partial charge in [0.1, 0.15) is 9.88 Å². The second-order valence-electron chi connectivity index (χ2n) is 7.34. The number of likely N-dealkylation sites (tertiary alicyclic amines) is 1. The third kappa shape index (κ3) is 5.91. The lowest BCUT2D eigenvalue weighted by Gasteiger charge is -2.32. The van der Waals surface area contributed by atoms with Gasteiger partial charge in [-0.25, -0.2) is 14.4 Å². The standard InChI is InChI=1S/C22H27N3O6S2/c1-4-30-20(27)16-13(3)17(21(28)31-5-2)33-19(16)24-22(29)25-10-8-14(9-11-25)23-18(26)15-7-6-12-32-15/h6-7,12,14H,4-5,8-11H2,1-3H3,(H,23,26)(H,24,29). The first-order valence-electron chi connectivity index (χ1n) is 10.7. The molecule has 0 aromatic carbocycles. The van der Waals surface area contributed by atoms with Gasteiger partial charge >= 0.3 is 18.0 Å². The average molecular weight is 494 g/mol. The van der Waals surface area contributed by atoms with Crippen molar-refractivity contribution in [3.63, 3.8) is 0 Å². The third-order valence-electron chi connectivity index (χ3n) is 5.17. The number of ether oxygens (including phenoxy) is 2. The maximum absolute atomic E-state index is 12.9. The molecule has 0 saturated carbocycles. The number of urea groups is 1. The number of hydrogen-bond acceptors (Lipinski definition) is 8. The Bertz CT molecular complexity index is 1010. The SMILES string of the molecule is CCOC(=O)c1sc(NC(=O)N2CCC(NC(=O)c3cccs3)CC2)c(C(=O)OCC)c1C. The molecular formula is C22H27N3O6S2. The Balaban J connectivity index is 1.66. The normalized spacial score (nSPS) is 14.0. The molecule has 1 fully saturated rings. The predicted octanol–water partition coefficient (Wildman–Crippen LogP) is 3.90. The summed E-state index contributed by atoms with van der Waals surface area (Å²) >= 11 is 2.38. The van der Waals surface area contributed by atoms with Crippen molar-refractivity contribution in [2.75, 3.05) is 31.6 Å². The number of esters is 2. The van der Waals surface area contributed by atoms with Crippen LogP contribution in [0.5, 0.6) is 0 Å². The van der Waals surface area contributed by atoms with Gasteiger partial charge in [-0.05, 0) is 50.6 Å². The largest absolute Gasteiger partial charge is 0.462 e. The molecule has 3 amide bonds. The van der Waals surface area contributed by atoms with Crippen LogP contribution in [-0.4, -0.2) is 61.1 Å². The van der Waals surface area contributed by atoms with Crippen LogP contribution in [0.4, 0.5) is 9.80 Å². The number of hydrogen-bond donors (Lipinski definition) is 2. The first-order valence-corrected chi connectivity index (χ1v) is 12.4. The highest BCUT2D eigenvalue weighted by atomic mass is 32.1. The van der Waals surface area contributed by atoms with Crippen molar-refractivity contribution in [3.05, 3.63) is 38.4 Å². The van der Waals surface area contributed by atoms with E-state index in [4.69, 9.17) is 9.47 Å². The van der Waals surface area contributed by atoms with Gasteiger partial charge in [0.15, 0.2) is 0 Å². The van der Waals surface area contributed by atoms with Crippen LogP contribution in [-0.2, 0) is 9.47 Å². The van der Waals surface area contributed by atoms with E-state index in [1.807, 2.05) is 11.4 Å². The van der Waals surface area contributed by atoms with Crippen molar-refractivity contribution in [1.82, 2.24) is 10.2 Å². The maximum Gasteiger partial charge on any atom is 0.348 e. The summed E-state index contributed by atoms with van der Waals surface area (Å²) in [6.07, 6.45) is 1.24. The van der Waals surface area contributed by atoms with Gasteiger partial charge in [0.05, 0.1) is 23.7 Å². The quantitative estimate of drug-likeness (QED) is 0.566. The number of piperidine rings is 1. The molecule has 1 aliphatic heterocycles. The zero-order valence-electron chi connectivity index (χ0n) is 18.8. The Hall–Kier alpha value is -2.92. The second kappa shape index (κ2) is 11.3. The van der Waals surface area contributed by atoms with Gasteiger partial charge in [0.25, 0.3) is 5.91 Å². The van der Waals surface area contributed by atoms with Crippen LogP contribution in [0.25, 0.3) is 0 Å². The van der Waals surface area contributed by atoms with E-state index in [1.54, 1.807) is 31.7 Å². The zero-order valence-corrected chi connectivity index (χ0v) is 20.4. The summed E-state index contributed by atoms with van der Waals surface area (Å²) in [4.78, 5) is 52.5. The molecule has 2 aromatic rings. The van der Waals surface area contributed by atoms with E-state index in [9.17, 15) is 19.2 Å². The molecule has 178 valence electrons. The highest BCUT2D eigenvalue weighted by molar-refractivity contribution is 7.18. The Labute approximate surface area is 200 Å². The fraction of sp³-hybridized carbons (Fsp3) is 0.455. The number of amides is 3. The smallest absolute Gasteiger partial charge is 0.348 e. The third-order valence-corrected chi connectivity index (χ3v) is 7.23. The minimum absolute atomic E-state index is 0.0156. The van der Waals surface area contributed by atoms with Crippen LogP contribution in [0.1, 0.15) is 62.0 Å². The van der Waals surface area contributed by atoms with E-state index >= 15 is 0 Å². The average Bonchev–Trinajstić information content (AvgIpc) is 3.43. The summed E-state index contributed by atoms with van der Waals surface area (Å²) in [5, 5.41) is 7.88. The van der Waals surface area contributed by atoms with Crippen LogP contribution in [0.15, 0.2) is 17.5 Å². The van der Waals surface area contributed by atoms with Crippen LogP contribution in [0.2, 0.25) is 0 Å². The van der Waals surface area contributed by atoms with Crippen molar-refractivity contribution in [1.29, 1.82) is 0 Å². The van der Waals surface area contributed by atoms with E-state index in [1.165, 1.54) is 11.3 Å². The van der Waals surface area contributed by atoms with Gasteiger partial charge in [0, 0.05) is 19.1 Å². The van der Waals surface area contributed by atoms with E-state index in [2.05, 4.69) is 10.6 Å². The summed E-state index contributed by atoms with van der Waals surface area (Å²) in [5.74, 6) is -1.26. The lowest BCUT2D eigenvalue weighted by molar-refractivity contribution is 0.0527. The van der Waals surface area contributed by atoms with Crippen molar-refractivity contribution in [2.45, 2.75) is 39.7 Å². The van der Waals surface area contributed by atoms with Crippen molar-refractivity contribution < 1.29 is 28.7 Å². The highest BCUT2D eigenvalue weighted by Gasteiger charge is 2.30. The molecule has 33 heavy (non-hydrogen) atoms. The molecule has 0 aliphatic carbocycles. The highest BCUT2D eigenvalue weighted by Crippen LogP contribution is 2.34. The van der Waals surface area contributed by atoms with Gasteiger partial charge in [-0.15, -0.1) is 22.7 Å². The van der Waals surface area contributed by atoms with E-state index < -0.39 is 11.9 Å². The summed E-state index contributed by atoms with van der Waals surface area (Å²) in [6.45, 7) is 6.28. The molecule has 1 saturated heterocycles. The molecule has 0 spiro atoms. The van der Waals surface area contributed by atoms with Crippen molar-refractivity contribution in [2.24, 2.45) is 0 Å². The summed E-state index contributed by atoms with van der Waals surface area (Å²) in [5.41, 5.74) is 0.582. The molecule has 0 radical (unpaired) electrons. The van der Waals surface area contributed by atoms with Gasteiger partial charge in [-0.2, -0.15) is 0 Å². The second-order valence-corrected chi connectivity index (χ2v) is 9.31. The molecule has 1 aliphatic rings. The summed E-state index contributed by atoms with van der Waals surface area (Å²) in [7, 11) is 0. The number of nitrogens with zero attached hydrogens (tertiary/aromatic N) is 1. The molecule has 9 nitrogen and oxygen atoms in total. The molecule has 2 N–H and O–H groups in total. The Morgan fingerprint density at radius 2 is 1.76 bits per heavy atom. The topological polar surface area (TPSA) is 114 Å². The number of nitrogens with one attached hydrogen (secondary N) is 2. The number of thiophene rings is 2. The van der Waals surface area contributed by atoms with E-state index in [0.29, 0.717) is 36.4 Å². The van der Waals surface area contributed by atoms with E-state index in [0.717, 1.165) is 11.3 Å². The van der Waals surface area contributed by atoms with Gasteiger partial charge in [-0.3, -0.25) is 10.1 Å². The molecule has 2 aromatic heterocycles. The van der Waals surface area contributed by atoms with Gasteiger partial charge < -0.3 is 19.7 Å². The molecule has 0 atom stereocenters. The first-order chi connectivity index (χ1) is 15.8. The van der Waals surface area contributed by atoms with Crippen LogP contribution in [0.3, 0.4) is 0 Å². The Kier molecular flexibility index (Phi) is 8.45. The van der Waals surface area contributed by atoms with Crippen molar-refractivity contribution in [3.8, 4) is 0 Å². The fourth-order valence-electron chi connectivity index (χ4n) is 3.51. The monoisotopic (exact) mass is 493 g/mol. The zero-order chi connectivity index (χ0) is 24.0. The summed E-state index contributed by atoms with van der Waals surface area (Å²) in [6, 6.07) is 3.21. The molecular weight excluding hydrogens is 466 g/mol. The molecule has 11 heteroatoms. The number of anilines is 1. The van der Waals surface area contributed by atoms with Crippen LogP contribution in [0, 0.1) is 6.92 Å². The number of carbonyl (C=O) groups excluding carboxylic acids is 4. The van der Waals surface area contributed by atoms with Crippen molar-refractivity contribution >= 4 is 51.6 Å². The maximum atomic E-state index is 12.9. The van der Waals surface area contributed by atoms with E-state index in [-0.39, 0.29) is 46.6 Å². The molecule has 0 bridgehead atoms. The van der Waals surface area contributed by atoms with Crippen LogP contribution < -0.4 is 10.6 Å². The lowest BCUT2D eigenvalue weighted by atomic mass is 10.1. The molecule has 3 heterocycles. The minimum atomic E-state index is -0.605. The molecule has 0 unspecified atom stereocenters. The predicted molar refractivity (Wildman–Crippen MR) is 126 cm³/mol. The fourth-order valence-corrected chi connectivity index (χ4v) is 5.21. The Morgan fingerprint density at radius 3 is 2.36 bits per heavy atom. The van der Waals surface area contributed by atoms with Gasteiger partial charge in [-0.1, -0.05) is 6.07 Å². The summed E-state index contributed by atoms with van der Waals surface area (Å²) < 4.78 is 10.2. The number of carbonyl (C=O) groups is 4. The lowest BCUT2D eigenvalue weighted by Crippen LogP contribution is -2.47. The minimum Gasteiger partial charge on any atom is -0.462 e. The van der Waals surface area contributed by atoms with Gasteiger partial charge in [0.2, 0.25) is 0 Å². The first kappa shape index (κ1) is 24.7. The number of rotatable bonds is 7. The molecule has 3 rings (SSSR count).